The number of amides is 1. The lowest BCUT2D eigenvalue weighted by atomic mass is 10.0. The maximum atomic E-state index is 12.3. The van der Waals surface area contributed by atoms with E-state index in [1.165, 1.54) is 0 Å². The molecule has 1 aromatic heterocycles. The number of aromatic nitrogens is 2. The summed E-state index contributed by atoms with van der Waals surface area (Å²) in [5, 5.41) is 20.2. The molecular weight excluding hydrogens is 304 g/mol. The zero-order valence-electron chi connectivity index (χ0n) is 13.7. The lowest BCUT2D eigenvalue weighted by Crippen LogP contribution is -2.32. The van der Waals surface area contributed by atoms with E-state index in [4.69, 9.17) is 0 Å². The van der Waals surface area contributed by atoms with Gasteiger partial charge in [-0.15, -0.1) is 0 Å². The van der Waals surface area contributed by atoms with E-state index in [2.05, 4.69) is 15.7 Å². The molecule has 24 heavy (non-hydrogen) atoms. The van der Waals surface area contributed by atoms with Gasteiger partial charge in [0.2, 0.25) is 0 Å². The van der Waals surface area contributed by atoms with Gasteiger partial charge in [0.05, 0.1) is 12.6 Å². The Morgan fingerprint density at radius 2 is 2.21 bits per heavy atom. The molecular formula is C18H24N4O2. The molecule has 6 nitrogen and oxygen atoms in total. The largest absolute Gasteiger partial charge is 0.396 e. The predicted molar refractivity (Wildman–Crippen MR) is 92.0 cm³/mol. The standard InChI is InChI=1S/C18H24N4O2/c23-13-15(14-5-2-1-3-6-14)11-20-18(24)17-8-10-22(21-17)16-7-4-9-19-12-16/h1-3,5-6,8,10,15-16,19,23H,4,7,9,11-13H2,(H,20,24). The van der Waals surface area contributed by atoms with Gasteiger partial charge >= 0.3 is 0 Å². The highest BCUT2D eigenvalue weighted by atomic mass is 16.3. The normalized spacial score (nSPS) is 19.0. The number of carbonyl (C=O) groups excluding carboxylic acids is 1. The number of hydrogen-bond acceptors (Lipinski definition) is 4. The predicted octanol–water partition coefficient (Wildman–Crippen LogP) is 1.31. The Hall–Kier alpha value is -2.18. The Balaban J connectivity index is 1.57. The fourth-order valence-electron chi connectivity index (χ4n) is 3.04. The molecule has 1 saturated heterocycles. The molecule has 1 fully saturated rings. The van der Waals surface area contributed by atoms with Crippen LogP contribution >= 0.6 is 0 Å². The van der Waals surface area contributed by atoms with E-state index in [9.17, 15) is 9.90 Å². The third-order valence-corrected chi connectivity index (χ3v) is 4.49. The number of hydrogen-bond donors (Lipinski definition) is 3. The van der Waals surface area contributed by atoms with Gasteiger partial charge in [0.25, 0.3) is 5.91 Å². The number of aliphatic hydroxyl groups excluding tert-OH is 1. The van der Waals surface area contributed by atoms with Crippen molar-refractivity contribution >= 4 is 5.91 Å². The van der Waals surface area contributed by atoms with E-state index in [0.717, 1.165) is 31.5 Å². The van der Waals surface area contributed by atoms with Crippen molar-refractivity contribution in [1.82, 2.24) is 20.4 Å². The highest BCUT2D eigenvalue weighted by molar-refractivity contribution is 5.92. The summed E-state index contributed by atoms with van der Waals surface area (Å²) in [6, 6.07) is 11.8. The molecule has 0 bridgehead atoms. The van der Waals surface area contributed by atoms with Crippen molar-refractivity contribution < 1.29 is 9.90 Å². The van der Waals surface area contributed by atoms with Crippen molar-refractivity contribution in [2.45, 2.75) is 24.8 Å². The van der Waals surface area contributed by atoms with Crippen LogP contribution in [0.1, 0.15) is 40.9 Å². The number of nitrogens with zero attached hydrogens (tertiary/aromatic N) is 2. The van der Waals surface area contributed by atoms with Gasteiger partial charge in [0.15, 0.2) is 0 Å². The molecule has 1 amide bonds. The monoisotopic (exact) mass is 328 g/mol. The highest BCUT2D eigenvalue weighted by Crippen LogP contribution is 2.16. The van der Waals surface area contributed by atoms with Crippen molar-refractivity contribution in [2.75, 3.05) is 26.2 Å². The van der Waals surface area contributed by atoms with Gasteiger partial charge in [-0.05, 0) is 31.0 Å². The van der Waals surface area contributed by atoms with E-state index in [-0.39, 0.29) is 18.4 Å². The lowest BCUT2D eigenvalue weighted by molar-refractivity contribution is 0.0941. The van der Waals surface area contributed by atoms with E-state index >= 15 is 0 Å². The van der Waals surface area contributed by atoms with Gasteiger partial charge in [-0.25, -0.2) is 0 Å². The lowest BCUT2D eigenvalue weighted by Gasteiger charge is -2.22. The van der Waals surface area contributed by atoms with Gasteiger partial charge < -0.3 is 15.7 Å². The van der Waals surface area contributed by atoms with Crippen molar-refractivity contribution in [3.8, 4) is 0 Å². The van der Waals surface area contributed by atoms with Crippen LogP contribution in [-0.2, 0) is 0 Å². The minimum atomic E-state index is -0.202. The van der Waals surface area contributed by atoms with E-state index in [1.807, 2.05) is 41.2 Å². The zero-order chi connectivity index (χ0) is 16.8. The molecule has 2 heterocycles. The van der Waals surface area contributed by atoms with Crippen molar-refractivity contribution in [3.05, 3.63) is 53.9 Å². The second-order valence-electron chi connectivity index (χ2n) is 6.18. The maximum absolute atomic E-state index is 12.3. The van der Waals surface area contributed by atoms with Crippen LogP contribution in [-0.4, -0.2) is 47.0 Å². The number of aliphatic hydroxyl groups is 1. The molecule has 0 radical (unpaired) electrons. The van der Waals surface area contributed by atoms with Crippen LogP contribution in [0.15, 0.2) is 42.6 Å². The molecule has 0 aliphatic carbocycles. The molecule has 3 rings (SSSR count). The first-order valence-corrected chi connectivity index (χ1v) is 8.48. The van der Waals surface area contributed by atoms with Crippen LogP contribution < -0.4 is 10.6 Å². The Morgan fingerprint density at radius 3 is 2.92 bits per heavy atom. The van der Waals surface area contributed by atoms with Crippen molar-refractivity contribution in [3.63, 3.8) is 0 Å². The summed E-state index contributed by atoms with van der Waals surface area (Å²) >= 11 is 0. The molecule has 1 aliphatic rings. The van der Waals surface area contributed by atoms with Crippen LogP contribution in [0.5, 0.6) is 0 Å². The van der Waals surface area contributed by atoms with E-state index < -0.39 is 0 Å². The summed E-state index contributed by atoms with van der Waals surface area (Å²) in [6.07, 6.45) is 4.07. The summed E-state index contributed by atoms with van der Waals surface area (Å²) < 4.78 is 1.88. The molecule has 2 atom stereocenters. The van der Waals surface area contributed by atoms with Crippen LogP contribution in [0.4, 0.5) is 0 Å². The molecule has 1 aromatic carbocycles. The summed E-state index contributed by atoms with van der Waals surface area (Å²) in [7, 11) is 0. The maximum Gasteiger partial charge on any atom is 0.271 e. The highest BCUT2D eigenvalue weighted by Gasteiger charge is 2.18. The fraction of sp³-hybridized carbons (Fsp3) is 0.444. The Morgan fingerprint density at radius 1 is 1.38 bits per heavy atom. The minimum Gasteiger partial charge on any atom is -0.396 e. The van der Waals surface area contributed by atoms with Crippen LogP contribution in [0.3, 0.4) is 0 Å². The quantitative estimate of drug-likeness (QED) is 0.747. The van der Waals surface area contributed by atoms with Crippen molar-refractivity contribution in [2.24, 2.45) is 0 Å². The van der Waals surface area contributed by atoms with Gasteiger partial charge in [-0.1, -0.05) is 30.3 Å². The summed E-state index contributed by atoms with van der Waals surface area (Å²) in [5.41, 5.74) is 1.43. The topological polar surface area (TPSA) is 79.2 Å². The molecule has 128 valence electrons. The number of nitrogens with one attached hydrogen (secondary N) is 2. The Bertz CT molecular complexity index is 650. The van der Waals surface area contributed by atoms with Crippen LogP contribution in [0.25, 0.3) is 0 Å². The summed E-state index contributed by atoms with van der Waals surface area (Å²) in [4.78, 5) is 12.3. The average molecular weight is 328 g/mol. The molecule has 1 aliphatic heterocycles. The molecule has 2 unspecified atom stereocenters. The minimum absolute atomic E-state index is 0.00746. The van der Waals surface area contributed by atoms with Crippen molar-refractivity contribution in [1.29, 1.82) is 0 Å². The Labute approximate surface area is 141 Å². The fourth-order valence-corrected chi connectivity index (χ4v) is 3.04. The molecule has 0 spiro atoms. The molecule has 3 N–H and O–H groups in total. The second kappa shape index (κ2) is 8.08. The number of piperidine rings is 1. The smallest absolute Gasteiger partial charge is 0.271 e. The summed E-state index contributed by atoms with van der Waals surface area (Å²) in [6.45, 7) is 2.32. The molecule has 6 heteroatoms. The first kappa shape index (κ1) is 16.7. The van der Waals surface area contributed by atoms with Crippen LogP contribution in [0, 0.1) is 0 Å². The number of carbonyl (C=O) groups is 1. The number of rotatable bonds is 6. The van der Waals surface area contributed by atoms with Gasteiger partial charge in [0, 0.05) is 25.2 Å². The van der Waals surface area contributed by atoms with Crippen LogP contribution in [0.2, 0.25) is 0 Å². The first-order chi connectivity index (χ1) is 11.8. The second-order valence-corrected chi connectivity index (χ2v) is 6.18. The molecule has 0 saturated carbocycles. The average Bonchev–Trinajstić information content (AvgIpc) is 3.14. The van der Waals surface area contributed by atoms with Gasteiger partial charge in [0.1, 0.15) is 5.69 Å². The van der Waals surface area contributed by atoms with E-state index in [1.54, 1.807) is 6.07 Å². The first-order valence-electron chi connectivity index (χ1n) is 8.48. The van der Waals surface area contributed by atoms with Gasteiger partial charge in [-0.3, -0.25) is 9.48 Å². The number of benzene rings is 1. The SMILES string of the molecule is O=C(NCC(CO)c1ccccc1)c1ccn(C2CCCNC2)n1. The van der Waals surface area contributed by atoms with Gasteiger partial charge in [-0.2, -0.15) is 5.10 Å². The third-order valence-electron chi connectivity index (χ3n) is 4.49. The summed E-state index contributed by atoms with van der Waals surface area (Å²) in [5.74, 6) is -0.313. The zero-order valence-corrected chi connectivity index (χ0v) is 13.7. The third kappa shape index (κ3) is 4.01. The van der Waals surface area contributed by atoms with E-state index in [0.29, 0.717) is 18.3 Å². The Kier molecular flexibility index (Phi) is 5.61. The molecule has 2 aromatic rings.